The third kappa shape index (κ3) is 2.19. The average Bonchev–Trinajstić information content (AvgIpc) is 2.69. The van der Waals surface area contributed by atoms with E-state index in [1.54, 1.807) is 6.07 Å². The van der Waals surface area contributed by atoms with Crippen LogP contribution in [0.2, 0.25) is 5.02 Å². The summed E-state index contributed by atoms with van der Waals surface area (Å²) < 4.78 is 6.19. The van der Waals surface area contributed by atoms with Gasteiger partial charge in [-0.15, -0.1) is 11.6 Å². The highest BCUT2D eigenvalue weighted by Gasteiger charge is 2.13. The van der Waals surface area contributed by atoms with Crippen LogP contribution in [0.5, 0.6) is 0 Å². The van der Waals surface area contributed by atoms with Gasteiger partial charge in [-0.1, -0.05) is 27.5 Å². The molecule has 0 unspecified atom stereocenters. The molecule has 2 nitrogen and oxygen atoms in total. The zero-order valence-corrected chi connectivity index (χ0v) is 10.6. The molecular weight excluding hydrogens is 301 g/mol. The second-order valence-corrected chi connectivity index (χ2v) is 4.44. The summed E-state index contributed by atoms with van der Waals surface area (Å²) in [5, 5.41) is 0.644. The van der Waals surface area contributed by atoms with Crippen molar-refractivity contribution in [3.05, 3.63) is 39.8 Å². The van der Waals surface area contributed by atoms with Gasteiger partial charge in [0.1, 0.15) is 5.69 Å². The Morgan fingerprint density at radius 1 is 1.40 bits per heavy atom. The normalized spacial score (nSPS) is 10.6. The molecule has 1 aromatic heterocycles. The van der Waals surface area contributed by atoms with Gasteiger partial charge in [-0.05, 0) is 18.2 Å². The van der Waals surface area contributed by atoms with Crippen LogP contribution in [0.1, 0.15) is 5.69 Å². The van der Waals surface area contributed by atoms with Crippen LogP contribution in [-0.4, -0.2) is 4.98 Å². The Hall–Kier alpha value is -0.510. The molecule has 0 N–H and O–H groups in total. The number of rotatable bonds is 2. The van der Waals surface area contributed by atoms with Crippen molar-refractivity contribution >= 4 is 39.1 Å². The van der Waals surface area contributed by atoms with Crippen LogP contribution in [0, 0.1) is 0 Å². The minimum atomic E-state index is 0.310. The predicted molar refractivity (Wildman–Crippen MR) is 64.2 cm³/mol. The average molecular weight is 307 g/mol. The van der Waals surface area contributed by atoms with Crippen LogP contribution in [-0.2, 0) is 5.88 Å². The maximum atomic E-state index is 5.91. The Kier molecular flexibility index (Phi) is 3.34. The Morgan fingerprint density at radius 3 is 2.93 bits per heavy atom. The molecule has 0 saturated carbocycles. The van der Waals surface area contributed by atoms with Gasteiger partial charge in [0.05, 0.1) is 5.88 Å². The largest absolute Gasteiger partial charge is 0.443 e. The molecule has 15 heavy (non-hydrogen) atoms. The maximum absolute atomic E-state index is 5.91. The molecule has 0 aliphatic carbocycles. The minimum absolute atomic E-state index is 0.310. The first-order valence-electron chi connectivity index (χ1n) is 4.16. The predicted octanol–water partition coefficient (Wildman–Crippen LogP) is 4.50. The molecule has 2 rings (SSSR count). The summed E-state index contributed by atoms with van der Waals surface area (Å²) >= 11 is 15.1. The summed E-state index contributed by atoms with van der Waals surface area (Å²) in [5.74, 6) is 0.963. The van der Waals surface area contributed by atoms with Crippen molar-refractivity contribution in [1.82, 2.24) is 4.98 Å². The van der Waals surface area contributed by atoms with Gasteiger partial charge in [0.2, 0.25) is 0 Å². The van der Waals surface area contributed by atoms with Crippen molar-refractivity contribution in [1.29, 1.82) is 0 Å². The van der Waals surface area contributed by atoms with Crippen molar-refractivity contribution in [2.75, 3.05) is 0 Å². The van der Waals surface area contributed by atoms with E-state index < -0.39 is 0 Å². The number of aromatic nitrogens is 1. The summed E-state index contributed by atoms with van der Waals surface area (Å²) in [6.07, 6.45) is 1.38. The fourth-order valence-electron chi connectivity index (χ4n) is 1.25. The molecule has 0 aliphatic heterocycles. The number of nitrogens with zero attached hydrogens (tertiary/aromatic N) is 1. The molecule has 1 heterocycles. The van der Waals surface area contributed by atoms with Crippen molar-refractivity contribution < 1.29 is 4.42 Å². The smallest absolute Gasteiger partial charge is 0.181 e. The quantitative estimate of drug-likeness (QED) is 0.764. The van der Waals surface area contributed by atoms with E-state index in [0.29, 0.717) is 22.4 Å². The first-order valence-corrected chi connectivity index (χ1v) is 5.86. The van der Waals surface area contributed by atoms with Gasteiger partial charge < -0.3 is 4.42 Å². The molecule has 78 valence electrons. The lowest BCUT2D eigenvalue weighted by Crippen LogP contribution is -1.84. The highest BCUT2D eigenvalue weighted by Crippen LogP contribution is 2.33. The topological polar surface area (TPSA) is 26.0 Å². The molecular formula is C10H6BrCl2NO. The number of hydrogen-bond acceptors (Lipinski definition) is 2. The molecule has 2 aromatic rings. The van der Waals surface area contributed by atoms with Gasteiger partial charge in [0.25, 0.3) is 0 Å². The monoisotopic (exact) mass is 305 g/mol. The van der Waals surface area contributed by atoms with Gasteiger partial charge in [-0.2, -0.15) is 0 Å². The van der Waals surface area contributed by atoms with Gasteiger partial charge >= 0.3 is 0 Å². The third-order valence-electron chi connectivity index (χ3n) is 1.94. The van der Waals surface area contributed by atoms with E-state index in [9.17, 15) is 0 Å². The molecule has 0 spiro atoms. The Balaban J connectivity index is 2.58. The summed E-state index contributed by atoms with van der Waals surface area (Å²) in [6, 6.07) is 5.46. The number of oxazole rings is 1. The van der Waals surface area contributed by atoms with Crippen LogP contribution >= 0.6 is 39.1 Å². The zero-order valence-electron chi connectivity index (χ0n) is 7.51. The highest BCUT2D eigenvalue weighted by molar-refractivity contribution is 9.10. The maximum Gasteiger partial charge on any atom is 0.181 e. The lowest BCUT2D eigenvalue weighted by molar-refractivity contribution is 0.571. The Morgan fingerprint density at radius 2 is 2.20 bits per heavy atom. The molecule has 0 aliphatic rings. The van der Waals surface area contributed by atoms with Crippen molar-refractivity contribution in [3.63, 3.8) is 0 Å². The lowest BCUT2D eigenvalue weighted by atomic mass is 10.1. The Bertz CT molecular complexity index is 484. The molecule has 0 bridgehead atoms. The van der Waals surface area contributed by atoms with Gasteiger partial charge in [-0.3, -0.25) is 0 Å². The molecule has 5 heteroatoms. The van der Waals surface area contributed by atoms with Crippen LogP contribution < -0.4 is 0 Å². The molecule has 0 radical (unpaired) electrons. The summed E-state index contributed by atoms with van der Waals surface area (Å²) in [4.78, 5) is 4.02. The highest BCUT2D eigenvalue weighted by atomic mass is 79.9. The van der Waals surface area contributed by atoms with Gasteiger partial charge in [-0.25, -0.2) is 4.98 Å². The molecule has 0 saturated heterocycles. The van der Waals surface area contributed by atoms with Crippen LogP contribution in [0.25, 0.3) is 11.3 Å². The standard InChI is InChI=1S/C10H6BrCl2NO/c11-8-2-1-6(13)3-7(8)10-9(4-12)14-5-15-10/h1-3,5H,4H2. The fraction of sp³-hybridized carbons (Fsp3) is 0.100. The van der Waals surface area contributed by atoms with Crippen molar-refractivity contribution in [2.24, 2.45) is 0 Å². The lowest BCUT2D eigenvalue weighted by Gasteiger charge is -2.02. The Labute approximate surface area is 105 Å². The van der Waals surface area contributed by atoms with E-state index in [-0.39, 0.29) is 0 Å². The van der Waals surface area contributed by atoms with E-state index in [4.69, 9.17) is 27.6 Å². The first kappa shape index (κ1) is 11.0. The molecule has 0 amide bonds. The number of alkyl halides is 1. The van der Waals surface area contributed by atoms with Crippen molar-refractivity contribution in [3.8, 4) is 11.3 Å². The number of hydrogen-bond donors (Lipinski definition) is 0. The summed E-state index contributed by atoms with van der Waals surface area (Å²) in [7, 11) is 0. The zero-order chi connectivity index (χ0) is 10.8. The van der Waals surface area contributed by atoms with Crippen LogP contribution in [0.3, 0.4) is 0 Å². The van der Waals surface area contributed by atoms with Crippen LogP contribution in [0.4, 0.5) is 0 Å². The van der Waals surface area contributed by atoms with E-state index in [1.165, 1.54) is 6.39 Å². The summed E-state index contributed by atoms with van der Waals surface area (Å²) in [6.45, 7) is 0. The van der Waals surface area contributed by atoms with E-state index in [0.717, 1.165) is 10.0 Å². The second-order valence-electron chi connectivity index (χ2n) is 2.89. The van der Waals surface area contributed by atoms with Crippen LogP contribution in [0.15, 0.2) is 33.5 Å². The van der Waals surface area contributed by atoms with Crippen molar-refractivity contribution in [2.45, 2.75) is 5.88 Å². The number of halogens is 3. The second kappa shape index (κ2) is 4.56. The van der Waals surface area contributed by atoms with E-state index in [2.05, 4.69) is 20.9 Å². The van der Waals surface area contributed by atoms with Gasteiger partial charge in [0, 0.05) is 15.1 Å². The number of benzene rings is 1. The van der Waals surface area contributed by atoms with Gasteiger partial charge in [0.15, 0.2) is 12.2 Å². The molecule has 0 fully saturated rings. The molecule has 0 atom stereocenters. The molecule has 1 aromatic carbocycles. The fourth-order valence-corrected chi connectivity index (χ4v) is 2.04. The van der Waals surface area contributed by atoms with E-state index in [1.807, 2.05) is 12.1 Å². The minimum Gasteiger partial charge on any atom is -0.443 e. The first-order chi connectivity index (χ1) is 7.22. The third-order valence-corrected chi connectivity index (χ3v) is 3.12. The van der Waals surface area contributed by atoms with E-state index >= 15 is 0 Å². The summed E-state index contributed by atoms with van der Waals surface area (Å²) in [5.41, 5.74) is 1.57. The SMILES string of the molecule is ClCc1ncoc1-c1cc(Cl)ccc1Br.